The molecule has 0 N–H and O–H groups in total. The molecule has 0 saturated carbocycles. The molecule has 0 atom stereocenters. The van der Waals surface area contributed by atoms with Crippen molar-refractivity contribution in [3.05, 3.63) is 42.2 Å². The summed E-state index contributed by atoms with van der Waals surface area (Å²) in [6, 6.07) is 4.62. The van der Waals surface area contributed by atoms with E-state index in [0.717, 1.165) is 24.2 Å². The zero-order valence-corrected chi connectivity index (χ0v) is 23.4. The maximum atomic E-state index is 13.2. The van der Waals surface area contributed by atoms with Gasteiger partial charge in [-0.15, -0.1) is 11.3 Å². The number of unbranched alkanes of at least 4 members (excludes halogenated alkanes) is 1. The smallest absolute Gasteiger partial charge is 0.481 e. The summed E-state index contributed by atoms with van der Waals surface area (Å²) in [5.41, 5.74) is -4.24. The summed E-state index contributed by atoms with van der Waals surface area (Å²) in [5, 5.41) is 6.04. The van der Waals surface area contributed by atoms with Crippen molar-refractivity contribution in [1.29, 1.82) is 0 Å². The van der Waals surface area contributed by atoms with Crippen LogP contribution in [0, 0.1) is 0 Å². The normalized spacial score (nSPS) is 14.2. The van der Waals surface area contributed by atoms with Crippen LogP contribution in [0.5, 0.6) is 11.8 Å². The van der Waals surface area contributed by atoms with Crippen LogP contribution in [-0.4, -0.2) is 71.5 Å². The first-order chi connectivity index (χ1) is 19.5. The first kappa shape index (κ1) is 28.6. The Morgan fingerprint density at radius 3 is 2.71 bits per heavy atom. The number of amides is 1. The predicted octanol–water partition coefficient (Wildman–Crippen LogP) is 5.25. The maximum Gasteiger partial charge on any atom is 0.534 e. The molecule has 11 nitrogen and oxygen atoms in total. The van der Waals surface area contributed by atoms with E-state index in [2.05, 4.69) is 19.2 Å². The number of fused-ring (bicyclic) bond motifs is 1. The molecular weight excluding hydrogens is 587 g/mol. The van der Waals surface area contributed by atoms with Gasteiger partial charge in [-0.1, -0.05) is 13.3 Å². The molecule has 1 aliphatic heterocycles. The monoisotopic (exact) mass is 611 g/mol. The van der Waals surface area contributed by atoms with E-state index < -0.39 is 27.6 Å². The van der Waals surface area contributed by atoms with Gasteiger partial charge in [0.05, 0.1) is 37.0 Å². The highest BCUT2D eigenvalue weighted by molar-refractivity contribution is 7.88. The summed E-state index contributed by atoms with van der Waals surface area (Å²) in [6.07, 6.45) is 5.86. The average molecular weight is 612 g/mol. The lowest BCUT2D eigenvalue weighted by Gasteiger charge is -2.38. The minimum absolute atomic E-state index is 0.0658. The van der Waals surface area contributed by atoms with Gasteiger partial charge < -0.3 is 18.6 Å². The number of rotatable bonds is 9. The van der Waals surface area contributed by atoms with Crippen LogP contribution < -0.4 is 8.92 Å². The Morgan fingerprint density at radius 1 is 1.22 bits per heavy atom. The average Bonchev–Trinajstić information content (AvgIpc) is 3.58. The van der Waals surface area contributed by atoms with E-state index in [4.69, 9.17) is 9.47 Å². The SMILES string of the molecule is CCCCOC(=O)N1CC(n2cc(-c3nc(OS(=O)(=O)C(F)(F)F)c4ccsc4c3-c3cccnc3OC)cn2)C1. The second kappa shape index (κ2) is 11.2. The third-order valence-electron chi connectivity index (χ3n) is 6.37. The minimum Gasteiger partial charge on any atom is -0.481 e. The zero-order chi connectivity index (χ0) is 29.4. The Bertz CT molecular complexity index is 1680. The van der Waals surface area contributed by atoms with Gasteiger partial charge in [-0.25, -0.2) is 14.8 Å². The van der Waals surface area contributed by atoms with Crippen molar-refractivity contribution >= 4 is 37.6 Å². The van der Waals surface area contributed by atoms with Gasteiger partial charge in [0.15, 0.2) is 0 Å². The number of alkyl halides is 3. The summed E-state index contributed by atoms with van der Waals surface area (Å²) in [6.45, 7) is 3.04. The lowest BCUT2D eigenvalue weighted by molar-refractivity contribution is -0.0500. The third kappa shape index (κ3) is 5.53. The van der Waals surface area contributed by atoms with Gasteiger partial charge in [0, 0.05) is 46.9 Å². The van der Waals surface area contributed by atoms with Crippen molar-refractivity contribution in [2.24, 2.45) is 0 Å². The second-order valence-corrected chi connectivity index (χ2v) is 11.5. The van der Waals surface area contributed by atoms with Crippen molar-refractivity contribution in [2.45, 2.75) is 31.3 Å². The number of ether oxygens (including phenoxy) is 2. The van der Waals surface area contributed by atoms with Gasteiger partial charge >= 0.3 is 21.7 Å². The molecule has 5 rings (SSSR count). The van der Waals surface area contributed by atoms with Crippen LogP contribution in [0.2, 0.25) is 0 Å². The first-order valence-electron chi connectivity index (χ1n) is 12.4. The minimum atomic E-state index is -6.00. The lowest BCUT2D eigenvalue weighted by atomic mass is 10.0. The number of hydrogen-bond donors (Lipinski definition) is 0. The number of thiophene rings is 1. The Labute approximate surface area is 236 Å². The number of carbonyl (C=O) groups is 1. The van der Waals surface area contributed by atoms with E-state index in [9.17, 15) is 26.4 Å². The van der Waals surface area contributed by atoms with Gasteiger partial charge in [0.1, 0.15) is 0 Å². The van der Waals surface area contributed by atoms with Crippen molar-refractivity contribution < 1.29 is 40.0 Å². The Kier molecular flexibility index (Phi) is 7.78. The van der Waals surface area contributed by atoms with Crippen LogP contribution in [0.15, 0.2) is 42.2 Å². The number of halogens is 3. The molecule has 218 valence electrons. The molecule has 1 amide bonds. The molecule has 16 heteroatoms. The van der Waals surface area contributed by atoms with E-state index in [-0.39, 0.29) is 23.0 Å². The number of aromatic nitrogens is 4. The summed E-state index contributed by atoms with van der Waals surface area (Å²) < 4.78 is 80.7. The standard InChI is InChI=1S/C25H24F3N5O6S2/c1-3-4-9-38-24(34)32-13-16(14-32)33-12-15(11-30-33)20-19(17-6-5-8-29-22(17)37-2)21-18(7-10-40-21)23(31-20)39-41(35,36)25(26,27)28/h5-8,10-12,16H,3-4,9,13-14H2,1-2H3. The van der Waals surface area contributed by atoms with Crippen molar-refractivity contribution in [1.82, 2.24) is 24.6 Å². The third-order valence-corrected chi connectivity index (χ3v) is 8.25. The summed E-state index contributed by atoms with van der Waals surface area (Å²) in [7, 11) is -4.58. The molecule has 0 aromatic carbocycles. The lowest BCUT2D eigenvalue weighted by Crippen LogP contribution is -2.51. The molecule has 1 aliphatic rings. The summed E-state index contributed by atoms with van der Waals surface area (Å²) in [5.74, 6) is -0.497. The Balaban J connectivity index is 1.56. The molecule has 0 unspecified atom stereocenters. The number of hydrogen-bond acceptors (Lipinski definition) is 10. The predicted molar refractivity (Wildman–Crippen MR) is 143 cm³/mol. The number of nitrogens with zero attached hydrogens (tertiary/aromatic N) is 5. The van der Waals surface area contributed by atoms with E-state index in [1.807, 2.05) is 6.92 Å². The van der Waals surface area contributed by atoms with Crippen molar-refractivity contribution in [3.63, 3.8) is 0 Å². The van der Waals surface area contributed by atoms with Crippen LogP contribution in [0.4, 0.5) is 18.0 Å². The fourth-order valence-corrected chi connectivity index (χ4v) is 5.62. The molecule has 0 radical (unpaired) electrons. The van der Waals surface area contributed by atoms with Gasteiger partial charge in [-0.05, 0) is 30.0 Å². The van der Waals surface area contributed by atoms with Gasteiger partial charge in [0.25, 0.3) is 0 Å². The number of pyridine rings is 2. The van der Waals surface area contributed by atoms with Crippen LogP contribution in [-0.2, 0) is 14.9 Å². The highest BCUT2D eigenvalue weighted by Gasteiger charge is 2.49. The molecule has 4 aromatic heterocycles. The number of methoxy groups -OCH3 is 1. The van der Waals surface area contributed by atoms with Crippen LogP contribution in [0.25, 0.3) is 32.5 Å². The van der Waals surface area contributed by atoms with E-state index in [1.165, 1.54) is 30.5 Å². The van der Waals surface area contributed by atoms with Gasteiger partial charge in [0.2, 0.25) is 11.8 Å². The molecule has 5 heterocycles. The molecule has 0 spiro atoms. The van der Waals surface area contributed by atoms with E-state index in [1.54, 1.807) is 28.4 Å². The number of carbonyl (C=O) groups excluding carboxylic acids is 1. The zero-order valence-electron chi connectivity index (χ0n) is 21.8. The first-order valence-corrected chi connectivity index (χ1v) is 14.7. The van der Waals surface area contributed by atoms with Crippen molar-refractivity contribution in [2.75, 3.05) is 26.8 Å². The van der Waals surface area contributed by atoms with Gasteiger partial charge in [-0.3, -0.25) is 4.68 Å². The Morgan fingerprint density at radius 2 is 2.00 bits per heavy atom. The molecule has 1 fully saturated rings. The number of likely N-dealkylation sites (tertiary alicyclic amines) is 1. The molecule has 1 saturated heterocycles. The van der Waals surface area contributed by atoms with Crippen LogP contribution in [0.1, 0.15) is 25.8 Å². The van der Waals surface area contributed by atoms with Crippen LogP contribution >= 0.6 is 11.3 Å². The Hall–Kier alpha value is -3.92. The molecule has 41 heavy (non-hydrogen) atoms. The van der Waals surface area contributed by atoms with Gasteiger partial charge in [-0.2, -0.15) is 26.7 Å². The summed E-state index contributed by atoms with van der Waals surface area (Å²) >= 11 is 1.16. The molecular formula is C25H24F3N5O6S2. The van der Waals surface area contributed by atoms with E-state index >= 15 is 0 Å². The van der Waals surface area contributed by atoms with E-state index in [0.29, 0.717) is 41.1 Å². The fraction of sp³-hybridized carbons (Fsp3) is 0.360. The molecule has 4 aromatic rings. The maximum absolute atomic E-state index is 13.2. The van der Waals surface area contributed by atoms with Crippen LogP contribution in [0.3, 0.4) is 0 Å². The largest absolute Gasteiger partial charge is 0.534 e. The van der Waals surface area contributed by atoms with Crippen molar-refractivity contribution in [3.8, 4) is 34.1 Å². The summed E-state index contributed by atoms with van der Waals surface area (Å²) in [4.78, 5) is 22.2. The quantitative estimate of drug-likeness (QED) is 0.142. The topological polar surface area (TPSA) is 126 Å². The molecule has 0 aliphatic carbocycles. The second-order valence-electron chi connectivity index (χ2n) is 9.08. The highest BCUT2D eigenvalue weighted by atomic mass is 32.2. The fourth-order valence-electron chi connectivity index (χ4n) is 4.24. The highest BCUT2D eigenvalue weighted by Crippen LogP contribution is 2.46. The molecule has 0 bridgehead atoms.